The molecule has 0 radical (unpaired) electrons. The fraction of sp³-hybridized carbons (Fsp3) is 0. The fourth-order valence-corrected chi connectivity index (χ4v) is 3.46. The summed E-state index contributed by atoms with van der Waals surface area (Å²) in [6.45, 7) is 0. The molecule has 0 bridgehead atoms. The average molecular weight is 426 g/mol. The molecule has 0 unspecified atom stereocenters. The van der Waals surface area contributed by atoms with E-state index in [4.69, 9.17) is 4.42 Å². The van der Waals surface area contributed by atoms with Crippen LogP contribution in [0.1, 0.15) is 5.56 Å². The molecule has 2 aromatic carbocycles. The van der Waals surface area contributed by atoms with E-state index in [-0.39, 0.29) is 0 Å². The minimum Gasteiger partial charge on any atom is -0.422 e. The Morgan fingerprint density at radius 1 is 1.15 bits per heavy atom. The van der Waals surface area contributed by atoms with Crippen LogP contribution in [0.3, 0.4) is 0 Å². The number of halogens is 1. The summed E-state index contributed by atoms with van der Waals surface area (Å²) in [4.78, 5) is 16.7. The van der Waals surface area contributed by atoms with E-state index in [1.165, 1.54) is 11.3 Å². The van der Waals surface area contributed by atoms with Gasteiger partial charge in [0.25, 0.3) is 0 Å². The third kappa shape index (κ3) is 3.58. The van der Waals surface area contributed by atoms with Crippen LogP contribution in [0.25, 0.3) is 22.2 Å². The van der Waals surface area contributed by atoms with Crippen molar-refractivity contribution in [3.05, 3.63) is 80.4 Å². The molecule has 26 heavy (non-hydrogen) atoms. The molecule has 0 aliphatic rings. The number of benzene rings is 2. The maximum Gasteiger partial charge on any atom is 0.345 e. The quantitative estimate of drug-likeness (QED) is 0.279. The monoisotopic (exact) mass is 425 g/mol. The van der Waals surface area contributed by atoms with Crippen molar-refractivity contribution in [1.82, 2.24) is 4.98 Å². The van der Waals surface area contributed by atoms with Crippen molar-refractivity contribution >= 4 is 49.6 Å². The van der Waals surface area contributed by atoms with Gasteiger partial charge in [-0.15, -0.1) is 11.3 Å². The Kier molecular flexibility index (Phi) is 4.64. The van der Waals surface area contributed by atoms with Crippen molar-refractivity contribution in [2.24, 2.45) is 5.10 Å². The van der Waals surface area contributed by atoms with Crippen LogP contribution in [-0.4, -0.2) is 11.2 Å². The van der Waals surface area contributed by atoms with Gasteiger partial charge >= 0.3 is 5.63 Å². The van der Waals surface area contributed by atoms with Gasteiger partial charge in [-0.05, 0) is 29.8 Å². The first-order valence-electron chi connectivity index (χ1n) is 7.72. The van der Waals surface area contributed by atoms with Crippen LogP contribution in [0.15, 0.2) is 78.8 Å². The maximum atomic E-state index is 12.3. The Hall–Kier alpha value is -2.77. The van der Waals surface area contributed by atoms with Crippen molar-refractivity contribution in [3.8, 4) is 11.3 Å². The summed E-state index contributed by atoms with van der Waals surface area (Å²) in [5.74, 6) is 0. The van der Waals surface area contributed by atoms with E-state index in [1.54, 1.807) is 23.7 Å². The molecule has 1 N–H and O–H groups in total. The van der Waals surface area contributed by atoms with Crippen molar-refractivity contribution in [3.63, 3.8) is 0 Å². The largest absolute Gasteiger partial charge is 0.422 e. The lowest BCUT2D eigenvalue weighted by molar-refractivity contribution is 0.563. The minimum atomic E-state index is -0.413. The topological polar surface area (TPSA) is 67.5 Å². The number of anilines is 1. The second-order valence-electron chi connectivity index (χ2n) is 5.45. The van der Waals surface area contributed by atoms with Gasteiger partial charge in [0.15, 0.2) is 0 Å². The third-order valence-electron chi connectivity index (χ3n) is 3.65. The molecule has 0 spiro atoms. The molecule has 4 aromatic rings. The van der Waals surface area contributed by atoms with Crippen molar-refractivity contribution < 1.29 is 4.42 Å². The SMILES string of the molecule is O=c1oc2ccc(Br)cc2cc1-c1csc(NN=Cc2ccccc2)n1. The van der Waals surface area contributed by atoms with Crippen LogP contribution < -0.4 is 11.1 Å². The van der Waals surface area contributed by atoms with Crippen molar-refractivity contribution in [2.75, 3.05) is 5.43 Å². The Balaban J connectivity index is 1.59. The molecule has 0 saturated carbocycles. The van der Waals surface area contributed by atoms with Gasteiger partial charge in [-0.3, -0.25) is 5.43 Å². The molecule has 128 valence electrons. The third-order valence-corrected chi connectivity index (χ3v) is 4.89. The number of hydrogen-bond acceptors (Lipinski definition) is 6. The summed E-state index contributed by atoms with van der Waals surface area (Å²) in [7, 11) is 0. The molecule has 7 heteroatoms. The van der Waals surface area contributed by atoms with E-state index in [0.29, 0.717) is 22.0 Å². The zero-order valence-corrected chi connectivity index (χ0v) is 15.8. The van der Waals surface area contributed by atoms with Crippen LogP contribution >= 0.6 is 27.3 Å². The highest BCUT2D eigenvalue weighted by Gasteiger charge is 2.11. The summed E-state index contributed by atoms with van der Waals surface area (Å²) in [5, 5.41) is 7.40. The predicted molar refractivity (Wildman–Crippen MR) is 109 cm³/mol. The highest BCUT2D eigenvalue weighted by Crippen LogP contribution is 2.26. The molecule has 0 atom stereocenters. The van der Waals surface area contributed by atoms with Gasteiger partial charge in [-0.2, -0.15) is 5.10 Å². The van der Waals surface area contributed by atoms with Crippen LogP contribution in [-0.2, 0) is 0 Å². The van der Waals surface area contributed by atoms with E-state index in [0.717, 1.165) is 15.4 Å². The summed E-state index contributed by atoms with van der Waals surface area (Å²) in [5.41, 5.74) is 4.98. The summed E-state index contributed by atoms with van der Waals surface area (Å²) in [6, 6.07) is 17.0. The van der Waals surface area contributed by atoms with Crippen molar-refractivity contribution in [2.45, 2.75) is 0 Å². The Bertz CT molecular complexity index is 1150. The first-order chi connectivity index (χ1) is 12.7. The highest BCUT2D eigenvalue weighted by molar-refractivity contribution is 9.10. The first-order valence-corrected chi connectivity index (χ1v) is 9.40. The van der Waals surface area contributed by atoms with E-state index < -0.39 is 5.63 Å². The number of hydrazone groups is 1. The Labute approximate surface area is 161 Å². The number of rotatable bonds is 4. The lowest BCUT2D eigenvalue weighted by atomic mass is 10.1. The first kappa shape index (κ1) is 16.7. The maximum absolute atomic E-state index is 12.3. The zero-order valence-electron chi connectivity index (χ0n) is 13.3. The van der Waals surface area contributed by atoms with Crippen LogP contribution in [0.4, 0.5) is 5.13 Å². The number of thiazole rings is 1. The minimum absolute atomic E-state index is 0.413. The predicted octanol–water partition coefficient (Wildman–Crippen LogP) is 5.13. The fourth-order valence-electron chi connectivity index (χ4n) is 2.42. The lowest BCUT2D eigenvalue weighted by Gasteiger charge is -2.00. The molecular formula is C19H12BrN3O2S. The highest BCUT2D eigenvalue weighted by atomic mass is 79.9. The Morgan fingerprint density at radius 2 is 2.00 bits per heavy atom. The Morgan fingerprint density at radius 3 is 2.85 bits per heavy atom. The zero-order chi connectivity index (χ0) is 17.9. The molecule has 0 fully saturated rings. The van der Waals surface area contributed by atoms with Gasteiger partial charge < -0.3 is 4.42 Å². The number of hydrogen-bond donors (Lipinski definition) is 1. The molecule has 0 aliphatic carbocycles. The van der Waals surface area contributed by atoms with Crippen LogP contribution in [0, 0.1) is 0 Å². The molecular weight excluding hydrogens is 414 g/mol. The van der Waals surface area contributed by atoms with Crippen molar-refractivity contribution in [1.29, 1.82) is 0 Å². The number of nitrogens with zero attached hydrogens (tertiary/aromatic N) is 2. The normalized spacial score (nSPS) is 11.3. The summed E-state index contributed by atoms with van der Waals surface area (Å²) in [6.07, 6.45) is 1.71. The lowest BCUT2D eigenvalue weighted by Crippen LogP contribution is -2.03. The van der Waals surface area contributed by atoms with Gasteiger partial charge in [0.2, 0.25) is 5.13 Å². The number of aromatic nitrogens is 1. The summed E-state index contributed by atoms with van der Waals surface area (Å²) >= 11 is 4.80. The van der Waals surface area contributed by atoms with E-state index >= 15 is 0 Å². The summed E-state index contributed by atoms with van der Waals surface area (Å²) < 4.78 is 6.31. The van der Waals surface area contributed by atoms with Gasteiger partial charge in [-0.25, -0.2) is 9.78 Å². The standard InChI is InChI=1S/C19H12BrN3O2S/c20-14-6-7-17-13(8-14)9-15(18(24)25-17)16-11-26-19(22-16)23-21-10-12-4-2-1-3-5-12/h1-11H,(H,22,23). The molecule has 0 saturated heterocycles. The average Bonchev–Trinajstić information content (AvgIpc) is 3.11. The molecule has 5 nitrogen and oxygen atoms in total. The van der Waals surface area contributed by atoms with Gasteiger partial charge in [0.05, 0.1) is 17.5 Å². The molecule has 0 aliphatic heterocycles. The molecule has 0 amide bonds. The van der Waals surface area contributed by atoms with E-state index in [2.05, 4.69) is 31.4 Å². The van der Waals surface area contributed by atoms with Gasteiger partial charge in [-0.1, -0.05) is 46.3 Å². The van der Waals surface area contributed by atoms with Crippen LogP contribution in [0.5, 0.6) is 0 Å². The number of nitrogens with one attached hydrogen (secondary N) is 1. The molecule has 2 aromatic heterocycles. The molecule has 4 rings (SSSR count). The molecule has 2 heterocycles. The number of fused-ring (bicyclic) bond motifs is 1. The smallest absolute Gasteiger partial charge is 0.345 e. The van der Waals surface area contributed by atoms with Gasteiger partial charge in [0, 0.05) is 15.2 Å². The van der Waals surface area contributed by atoms with E-state index in [9.17, 15) is 4.79 Å². The second-order valence-corrected chi connectivity index (χ2v) is 7.22. The van der Waals surface area contributed by atoms with E-state index in [1.807, 2.05) is 42.5 Å². The van der Waals surface area contributed by atoms with Gasteiger partial charge in [0.1, 0.15) is 5.58 Å². The van der Waals surface area contributed by atoms with Crippen LogP contribution in [0.2, 0.25) is 0 Å². The second kappa shape index (κ2) is 7.23.